The van der Waals surface area contributed by atoms with Crippen LogP contribution in [0.5, 0.6) is 0 Å². The molecule has 3 aromatic rings. The molecule has 22 heavy (non-hydrogen) atoms. The molecule has 0 aliphatic carbocycles. The molecule has 1 aromatic heterocycles. The number of hydrogen-bond acceptors (Lipinski definition) is 2. The number of nitrogens with zero attached hydrogens (tertiary/aromatic N) is 2. The van der Waals surface area contributed by atoms with Crippen LogP contribution in [0.1, 0.15) is 25.3 Å². The number of anilines is 1. The summed E-state index contributed by atoms with van der Waals surface area (Å²) in [6.07, 6.45) is 2.25. The third-order valence-corrected chi connectivity index (χ3v) is 3.72. The summed E-state index contributed by atoms with van der Waals surface area (Å²) in [5.41, 5.74) is 3.12. The van der Waals surface area contributed by atoms with Crippen LogP contribution in [0.25, 0.3) is 11.0 Å². The van der Waals surface area contributed by atoms with E-state index in [9.17, 15) is 4.39 Å². The molecule has 0 saturated carbocycles. The van der Waals surface area contributed by atoms with Crippen molar-refractivity contribution in [3.63, 3.8) is 0 Å². The smallest absolute Gasteiger partial charge is 0.204 e. The molecule has 3 nitrogen and oxygen atoms in total. The lowest BCUT2D eigenvalue weighted by atomic mass is 10.2. The molecule has 0 fully saturated rings. The third kappa shape index (κ3) is 3.11. The zero-order chi connectivity index (χ0) is 15.4. The van der Waals surface area contributed by atoms with Crippen LogP contribution in [0.2, 0.25) is 0 Å². The molecule has 3 rings (SSSR count). The highest BCUT2D eigenvalue weighted by atomic mass is 19.1. The number of aromatic nitrogens is 2. The molecule has 0 unspecified atom stereocenters. The van der Waals surface area contributed by atoms with Gasteiger partial charge in [0.2, 0.25) is 5.95 Å². The van der Waals surface area contributed by atoms with Crippen molar-refractivity contribution in [2.75, 3.05) is 11.9 Å². The molecule has 0 radical (unpaired) electrons. The fraction of sp³-hybridized carbons (Fsp3) is 0.278. The fourth-order valence-corrected chi connectivity index (χ4v) is 2.52. The van der Waals surface area contributed by atoms with Gasteiger partial charge in [-0.2, -0.15) is 0 Å². The number of imidazole rings is 1. The Hall–Kier alpha value is -2.36. The van der Waals surface area contributed by atoms with Crippen molar-refractivity contribution in [3.8, 4) is 0 Å². The Morgan fingerprint density at radius 2 is 1.86 bits per heavy atom. The Morgan fingerprint density at radius 1 is 1.09 bits per heavy atom. The molecule has 1 N–H and O–H groups in total. The summed E-state index contributed by atoms with van der Waals surface area (Å²) >= 11 is 0. The van der Waals surface area contributed by atoms with E-state index in [0.717, 1.165) is 41.9 Å². The van der Waals surface area contributed by atoms with E-state index in [2.05, 4.69) is 27.9 Å². The van der Waals surface area contributed by atoms with Crippen molar-refractivity contribution in [3.05, 3.63) is 59.9 Å². The molecule has 0 aliphatic rings. The molecule has 0 spiro atoms. The number of nitrogens with one attached hydrogen (secondary N) is 1. The third-order valence-electron chi connectivity index (χ3n) is 3.72. The first kappa shape index (κ1) is 14.6. The van der Waals surface area contributed by atoms with E-state index < -0.39 is 0 Å². The molecular formula is C18H20FN3. The van der Waals surface area contributed by atoms with Crippen LogP contribution in [0.15, 0.2) is 48.5 Å². The minimum Gasteiger partial charge on any atom is -0.356 e. The van der Waals surface area contributed by atoms with Gasteiger partial charge in [0.1, 0.15) is 5.82 Å². The van der Waals surface area contributed by atoms with E-state index in [1.54, 1.807) is 0 Å². The molecule has 4 heteroatoms. The van der Waals surface area contributed by atoms with Gasteiger partial charge in [0.15, 0.2) is 0 Å². The number of hydrogen-bond donors (Lipinski definition) is 1. The van der Waals surface area contributed by atoms with E-state index in [0.29, 0.717) is 6.54 Å². The van der Waals surface area contributed by atoms with Gasteiger partial charge in [-0.15, -0.1) is 0 Å². The molecule has 0 bridgehead atoms. The van der Waals surface area contributed by atoms with Gasteiger partial charge in [-0.3, -0.25) is 0 Å². The minimum absolute atomic E-state index is 0.208. The van der Waals surface area contributed by atoms with Gasteiger partial charge in [0.05, 0.1) is 17.6 Å². The second kappa shape index (κ2) is 6.60. The van der Waals surface area contributed by atoms with Crippen LogP contribution in [0, 0.1) is 5.82 Å². The van der Waals surface area contributed by atoms with Gasteiger partial charge in [0, 0.05) is 6.54 Å². The summed E-state index contributed by atoms with van der Waals surface area (Å²) in [5, 5.41) is 3.41. The Balaban J connectivity index is 1.94. The average molecular weight is 297 g/mol. The average Bonchev–Trinajstić information content (AvgIpc) is 2.88. The number of fused-ring (bicyclic) bond motifs is 1. The monoisotopic (exact) mass is 297 g/mol. The number of para-hydroxylation sites is 2. The molecule has 0 saturated heterocycles. The molecular weight excluding hydrogens is 277 g/mol. The van der Waals surface area contributed by atoms with Crippen LogP contribution in [0.4, 0.5) is 10.3 Å². The zero-order valence-electron chi connectivity index (χ0n) is 12.7. The standard InChI is InChI=1S/C18H20FN3/c1-2-3-12-20-18-21-16-6-4-5-7-17(16)22(18)13-14-8-10-15(19)11-9-14/h4-11H,2-3,12-13H2,1H3,(H,20,21). The van der Waals surface area contributed by atoms with Gasteiger partial charge in [-0.1, -0.05) is 37.6 Å². The lowest BCUT2D eigenvalue weighted by Crippen LogP contribution is -2.09. The van der Waals surface area contributed by atoms with Gasteiger partial charge in [0.25, 0.3) is 0 Å². The maximum Gasteiger partial charge on any atom is 0.204 e. The first-order valence-corrected chi connectivity index (χ1v) is 7.71. The Kier molecular flexibility index (Phi) is 4.37. The number of halogens is 1. The molecule has 1 heterocycles. The van der Waals surface area contributed by atoms with Crippen LogP contribution in [-0.4, -0.2) is 16.1 Å². The van der Waals surface area contributed by atoms with Crippen molar-refractivity contribution < 1.29 is 4.39 Å². The van der Waals surface area contributed by atoms with E-state index in [1.807, 2.05) is 30.3 Å². The van der Waals surface area contributed by atoms with Crippen molar-refractivity contribution >= 4 is 17.0 Å². The molecule has 0 aliphatic heterocycles. The first-order valence-electron chi connectivity index (χ1n) is 7.71. The van der Waals surface area contributed by atoms with E-state index in [1.165, 1.54) is 12.1 Å². The van der Waals surface area contributed by atoms with Crippen molar-refractivity contribution in [1.29, 1.82) is 0 Å². The van der Waals surface area contributed by atoms with Crippen molar-refractivity contribution in [2.45, 2.75) is 26.3 Å². The van der Waals surface area contributed by atoms with Crippen LogP contribution in [-0.2, 0) is 6.54 Å². The Morgan fingerprint density at radius 3 is 2.64 bits per heavy atom. The highest BCUT2D eigenvalue weighted by Gasteiger charge is 2.10. The maximum absolute atomic E-state index is 13.1. The largest absolute Gasteiger partial charge is 0.356 e. The summed E-state index contributed by atoms with van der Waals surface area (Å²) in [5.74, 6) is 0.666. The molecule has 114 valence electrons. The van der Waals surface area contributed by atoms with Gasteiger partial charge in [-0.25, -0.2) is 9.37 Å². The Bertz CT molecular complexity index is 747. The highest BCUT2D eigenvalue weighted by Crippen LogP contribution is 2.21. The van der Waals surface area contributed by atoms with Crippen molar-refractivity contribution in [2.24, 2.45) is 0 Å². The molecule has 2 aromatic carbocycles. The quantitative estimate of drug-likeness (QED) is 0.682. The van der Waals surface area contributed by atoms with Gasteiger partial charge in [-0.05, 0) is 36.2 Å². The Labute approximate surface area is 129 Å². The van der Waals surface area contributed by atoms with Crippen LogP contribution < -0.4 is 5.32 Å². The predicted molar refractivity (Wildman–Crippen MR) is 88.6 cm³/mol. The number of benzene rings is 2. The summed E-state index contributed by atoms with van der Waals surface area (Å²) in [6.45, 7) is 3.75. The van der Waals surface area contributed by atoms with Gasteiger partial charge >= 0.3 is 0 Å². The topological polar surface area (TPSA) is 29.9 Å². The maximum atomic E-state index is 13.1. The second-order valence-corrected chi connectivity index (χ2v) is 5.42. The highest BCUT2D eigenvalue weighted by molar-refractivity contribution is 5.78. The fourth-order valence-electron chi connectivity index (χ4n) is 2.52. The molecule has 0 atom stereocenters. The SMILES string of the molecule is CCCCNc1nc2ccccc2n1Cc1ccc(F)cc1. The number of rotatable bonds is 6. The summed E-state index contributed by atoms with van der Waals surface area (Å²) in [4.78, 5) is 4.68. The minimum atomic E-state index is -0.208. The lowest BCUT2D eigenvalue weighted by molar-refractivity contribution is 0.626. The lowest BCUT2D eigenvalue weighted by Gasteiger charge is -2.11. The molecule has 0 amide bonds. The predicted octanol–water partition coefficient (Wildman–Crippen LogP) is 4.44. The van der Waals surface area contributed by atoms with Crippen molar-refractivity contribution in [1.82, 2.24) is 9.55 Å². The van der Waals surface area contributed by atoms with Gasteiger partial charge < -0.3 is 9.88 Å². The number of unbranched alkanes of at least 4 members (excludes halogenated alkanes) is 1. The van der Waals surface area contributed by atoms with E-state index in [4.69, 9.17) is 0 Å². The summed E-state index contributed by atoms with van der Waals surface area (Å²) in [7, 11) is 0. The van der Waals surface area contributed by atoms with Crippen LogP contribution >= 0.6 is 0 Å². The van der Waals surface area contributed by atoms with E-state index in [-0.39, 0.29) is 5.82 Å². The first-order chi connectivity index (χ1) is 10.8. The second-order valence-electron chi connectivity index (χ2n) is 5.42. The summed E-state index contributed by atoms with van der Waals surface area (Å²) < 4.78 is 15.2. The normalized spacial score (nSPS) is 11.0. The zero-order valence-corrected chi connectivity index (χ0v) is 12.7. The van der Waals surface area contributed by atoms with E-state index >= 15 is 0 Å². The van der Waals surface area contributed by atoms with Crippen LogP contribution in [0.3, 0.4) is 0 Å². The summed E-state index contributed by atoms with van der Waals surface area (Å²) in [6, 6.07) is 14.7.